The Balaban J connectivity index is 2.30. The quantitative estimate of drug-likeness (QED) is 0.628. The molecule has 1 aliphatic carbocycles. The van der Waals surface area contributed by atoms with E-state index in [1.807, 2.05) is 31.2 Å². The Morgan fingerprint density at radius 2 is 1.96 bits per heavy atom. The lowest BCUT2D eigenvalue weighted by Crippen LogP contribution is -2.21. The van der Waals surface area contributed by atoms with E-state index < -0.39 is 0 Å². The molecule has 4 nitrogen and oxygen atoms in total. The molecule has 1 aromatic carbocycles. The monoisotopic (exact) mass is 334 g/mol. The molecule has 1 aliphatic heterocycles. The maximum absolute atomic E-state index is 12.4. The van der Waals surface area contributed by atoms with Crippen molar-refractivity contribution in [1.82, 2.24) is 4.98 Å². The summed E-state index contributed by atoms with van der Waals surface area (Å²) in [4.78, 5) is 19.4. The fraction of sp³-hybridized carbons (Fsp3) is 0.238. The van der Waals surface area contributed by atoms with E-state index in [-0.39, 0.29) is 5.43 Å². The van der Waals surface area contributed by atoms with Crippen molar-refractivity contribution in [3.63, 3.8) is 0 Å². The number of anilines is 1. The van der Waals surface area contributed by atoms with Gasteiger partial charge in [0.1, 0.15) is 11.2 Å². The molecule has 0 atom stereocenters. The van der Waals surface area contributed by atoms with Crippen LogP contribution in [0.25, 0.3) is 34.7 Å². The highest BCUT2D eigenvalue weighted by Crippen LogP contribution is 2.31. The molecule has 128 valence electrons. The van der Waals surface area contributed by atoms with Crippen molar-refractivity contribution in [2.24, 2.45) is 0 Å². The fourth-order valence-corrected chi connectivity index (χ4v) is 3.10. The van der Waals surface area contributed by atoms with Gasteiger partial charge in [-0.05, 0) is 32.9 Å². The van der Waals surface area contributed by atoms with Gasteiger partial charge in [0.2, 0.25) is 0 Å². The van der Waals surface area contributed by atoms with Crippen LogP contribution >= 0.6 is 0 Å². The maximum Gasteiger partial charge on any atom is 0.190 e. The minimum absolute atomic E-state index is 0.0923. The Bertz CT molecular complexity index is 981. The lowest BCUT2D eigenvalue weighted by atomic mass is 10.0. The van der Waals surface area contributed by atoms with Gasteiger partial charge in [0.25, 0.3) is 0 Å². The summed E-state index contributed by atoms with van der Waals surface area (Å²) in [5.41, 5.74) is 4.38. The molecule has 0 saturated carbocycles. The van der Waals surface area contributed by atoms with Gasteiger partial charge in [0, 0.05) is 42.0 Å². The van der Waals surface area contributed by atoms with Crippen molar-refractivity contribution < 1.29 is 4.42 Å². The molecule has 0 radical (unpaired) electrons. The molecule has 0 bridgehead atoms. The molecule has 0 amide bonds. The van der Waals surface area contributed by atoms with Crippen LogP contribution in [0.15, 0.2) is 46.1 Å². The second-order valence-electron chi connectivity index (χ2n) is 5.79. The summed E-state index contributed by atoms with van der Waals surface area (Å²) in [6.07, 6.45) is 5.29. The van der Waals surface area contributed by atoms with Gasteiger partial charge in [-0.15, -0.1) is 0 Å². The Kier molecular flexibility index (Phi) is 4.70. The van der Waals surface area contributed by atoms with Gasteiger partial charge in [-0.1, -0.05) is 24.8 Å². The summed E-state index contributed by atoms with van der Waals surface area (Å²) in [6, 6.07) is 7.49. The average Bonchev–Trinajstić information content (AvgIpc) is 2.62. The zero-order chi connectivity index (χ0) is 18.0. The van der Waals surface area contributed by atoms with Gasteiger partial charge in [-0.2, -0.15) is 0 Å². The summed E-state index contributed by atoms with van der Waals surface area (Å²) in [7, 11) is 0. The lowest BCUT2D eigenvalue weighted by molar-refractivity contribution is 0.612. The number of aromatic nitrogens is 1. The molecule has 1 aromatic rings. The smallest absolute Gasteiger partial charge is 0.190 e. The molecule has 2 aliphatic rings. The van der Waals surface area contributed by atoms with Gasteiger partial charge in [0.15, 0.2) is 16.8 Å². The van der Waals surface area contributed by atoms with Crippen molar-refractivity contribution >= 4 is 28.9 Å². The SMILES string of the molecule is C=Cc1c2nc3ccc(N(CC)CC)cc3oc-2cc(=O)c1/C=C\C. The van der Waals surface area contributed by atoms with Gasteiger partial charge >= 0.3 is 0 Å². The number of allylic oxidation sites excluding steroid dienone is 1. The first-order valence-electron chi connectivity index (χ1n) is 8.54. The van der Waals surface area contributed by atoms with E-state index in [0.29, 0.717) is 28.2 Å². The number of rotatable bonds is 5. The van der Waals surface area contributed by atoms with Crippen molar-refractivity contribution in [3.05, 3.63) is 58.3 Å². The van der Waals surface area contributed by atoms with Crippen molar-refractivity contribution in [1.29, 1.82) is 0 Å². The Morgan fingerprint density at radius 1 is 1.20 bits per heavy atom. The van der Waals surface area contributed by atoms with E-state index in [9.17, 15) is 4.79 Å². The topological polar surface area (TPSA) is 46.3 Å². The van der Waals surface area contributed by atoms with Crippen molar-refractivity contribution in [2.45, 2.75) is 20.8 Å². The highest BCUT2D eigenvalue weighted by atomic mass is 16.3. The molecule has 0 aromatic heterocycles. The Hall–Kier alpha value is -2.88. The molecule has 0 unspecified atom stereocenters. The first-order valence-corrected chi connectivity index (χ1v) is 8.54. The average molecular weight is 334 g/mol. The van der Waals surface area contributed by atoms with E-state index in [1.165, 1.54) is 6.07 Å². The number of nitrogens with zero attached hydrogens (tertiary/aromatic N) is 2. The molecule has 0 saturated heterocycles. The molecule has 0 spiro atoms. The van der Waals surface area contributed by atoms with E-state index in [2.05, 4.69) is 25.3 Å². The van der Waals surface area contributed by atoms with Crippen LogP contribution in [0, 0.1) is 0 Å². The molecular formula is C21H22N2O2. The maximum atomic E-state index is 12.4. The van der Waals surface area contributed by atoms with Crippen LogP contribution in [0.1, 0.15) is 31.9 Å². The standard InChI is InChI=1S/C21H22N2O2/c1-5-9-16-15(6-2)21-20(13-18(16)24)25-19-12-14(23(7-3)8-4)10-11-17(19)22-21/h5-6,9-13H,2,7-8H2,1,3-4H3/b9-5-. The molecule has 3 rings (SSSR count). The molecular weight excluding hydrogens is 312 g/mol. The number of fused-ring (bicyclic) bond motifs is 2. The summed E-state index contributed by atoms with van der Waals surface area (Å²) in [5.74, 6) is 0.484. The zero-order valence-corrected chi connectivity index (χ0v) is 14.9. The van der Waals surface area contributed by atoms with Gasteiger partial charge < -0.3 is 9.32 Å². The highest BCUT2D eigenvalue weighted by Gasteiger charge is 2.18. The van der Waals surface area contributed by atoms with Gasteiger partial charge in [0.05, 0.1) is 0 Å². The molecule has 25 heavy (non-hydrogen) atoms. The van der Waals surface area contributed by atoms with Crippen LogP contribution in [0.5, 0.6) is 0 Å². The largest absolute Gasteiger partial charge is 0.453 e. The van der Waals surface area contributed by atoms with Gasteiger partial charge in [-0.3, -0.25) is 4.79 Å². The number of benzene rings is 2. The lowest BCUT2D eigenvalue weighted by Gasteiger charge is -2.21. The first-order chi connectivity index (χ1) is 12.1. The van der Waals surface area contributed by atoms with Crippen molar-refractivity contribution in [2.75, 3.05) is 18.0 Å². The van der Waals surface area contributed by atoms with Crippen LogP contribution in [-0.4, -0.2) is 18.1 Å². The molecule has 0 fully saturated rings. The van der Waals surface area contributed by atoms with Crippen LogP contribution in [0.4, 0.5) is 5.69 Å². The van der Waals surface area contributed by atoms with Crippen LogP contribution in [0.3, 0.4) is 0 Å². The number of hydrogen-bond donors (Lipinski definition) is 0. The van der Waals surface area contributed by atoms with E-state index in [4.69, 9.17) is 9.40 Å². The third-order valence-electron chi connectivity index (χ3n) is 4.37. The highest BCUT2D eigenvalue weighted by molar-refractivity contribution is 5.84. The van der Waals surface area contributed by atoms with Crippen LogP contribution < -0.4 is 10.3 Å². The Labute approximate surface area is 147 Å². The predicted molar refractivity (Wildman–Crippen MR) is 105 cm³/mol. The van der Waals surface area contributed by atoms with Crippen LogP contribution in [0.2, 0.25) is 0 Å². The third-order valence-corrected chi connectivity index (χ3v) is 4.37. The molecule has 1 heterocycles. The minimum atomic E-state index is -0.0923. The molecule has 4 heteroatoms. The molecule has 0 N–H and O–H groups in total. The third kappa shape index (κ3) is 2.95. The summed E-state index contributed by atoms with van der Waals surface area (Å²) < 4.78 is 6.02. The van der Waals surface area contributed by atoms with E-state index >= 15 is 0 Å². The summed E-state index contributed by atoms with van der Waals surface area (Å²) in [6.45, 7) is 11.8. The van der Waals surface area contributed by atoms with Crippen molar-refractivity contribution in [3.8, 4) is 11.5 Å². The number of hydrogen-bond acceptors (Lipinski definition) is 4. The Morgan fingerprint density at radius 3 is 2.60 bits per heavy atom. The predicted octanol–water partition coefficient (Wildman–Crippen LogP) is 4.82. The first kappa shape index (κ1) is 17.0. The minimum Gasteiger partial charge on any atom is -0.453 e. The second kappa shape index (κ2) is 6.93. The summed E-state index contributed by atoms with van der Waals surface area (Å²) in [5, 5.41) is 0. The van der Waals surface area contributed by atoms with E-state index in [0.717, 1.165) is 24.3 Å². The normalized spacial score (nSPS) is 11.5. The fourth-order valence-electron chi connectivity index (χ4n) is 3.10. The summed E-state index contributed by atoms with van der Waals surface area (Å²) >= 11 is 0. The van der Waals surface area contributed by atoms with E-state index in [1.54, 1.807) is 12.2 Å². The zero-order valence-electron chi connectivity index (χ0n) is 14.9. The van der Waals surface area contributed by atoms with Crippen LogP contribution in [-0.2, 0) is 0 Å². The van der Waals surface area contributed by atoms with Gasteiger partial charge in [-0.25, -0.2) is 4.98 Å². The second-order valence-corrected chi connectivity index (χ2v) is 5.79.